The second-order valence-corrected chi connectivity index (χ2v) is 7.36. The molecule has 0 saturated heterocycles. The number of hydrogen-bond donors (Lipinski definition) is 0. The van der Waals surface area contributed by atoms with Crippen LogP contribution in [0.25, 0.3) is 0 Å². The van der Waals surface area contributed by atoms with Gasteiger partial charge in [0.2, 0.25) is 0 Å². The maximum absolute atomic E-state index is 4.89. The number of aliphatic imine (C=N–C) groups is 1. The molecular formula is C24H23NS. The predicted molar refractivity (Wildman–Crippen MR) is 115 cm³/mol. The van der Waals surface area contributed by atoms with Crippen LogP contribution in [-0.4, -0.2) is 5.71 Å². The van der Waals surface area contributed by atoms with Crippen molar-refractivity contribution in [2.24, 2.45) is 4.99 Å². The molecule has 0 fully saturated rings. The molecule has 0 aliphatic rings. The van der Waals surface area contributed by atoms with Crippen LogP contribution in [0.1, 0.15) is 22.3 Å². The van der Waals surface area contributed by atoms with Gasteiger partial charge in [-0.1, -0.05) is 71.4 Å². The Kier molecular flexibility index (Phi) is 6.08. The summed E-state index contributed by atoms with van der Waals surface area (Å²) in [4.78, 5) is 6.12. The number of benzene rings is 3. The van der Waals surface area contributed by atoms with E-state index in [1.165, 1.54) is 21.6 Å². The van der Waals surface area contributed by atoms with Crippen molar-refractivity contribution in [1.29, 1.82) is 0 Å². The van der Waals surface area contributed by atoms with Crippen molar-refractivity contribution in [3.63, 3.8) is 0 Å². The van der Waals surface area contributed by atoms with Gasteiger partial charge in [-0.3, -0.25) is 0 Å². The van der Waals surface area contributed by atoms with Gasteiger partial charge in [0, 0.05) is 10.5 Å². The van der Waals surface area contributed by atoms with Gasteiger partial charge in [0.05, 0.1) is 11.4 Å². The molecule has 0 aromatic heterocycles. The molecule has 130 valence electrons. The lowest BCUT2D eigenvalue weighted by molar-refractivity contribution is 1.38. The summed E-state index contributed by atoms with van der Waals surface area (Å²) >= 11 is 1.71. The van der Waals surface area contributed by atoms with Crippen molar-refractivity contribution < 1.29 is 0 Å². The standard InChI is InChI=1S/C24H23NS/c1-18-8-12-21(13-9-18)25-24(23-7-5-4-6-20(23)3)16-17-26-22-14-10-19(2)11-15-22/h4-17H,1-3H3. The van der Waals surface area contributed by atoms with E-state index in [0.717, 1.165) is 17.0 Å². The Morgan fingerprint density at radius 3 is 2.04 bits per heavy atom. The van der Waals surface area contributed by atoms with E-state index >= 15 is 0 Å². The van der Waals surface area contributed by atoms with Crippen LogP contribution in [0.15, 0.2) is 94.2 Å². The monoisotopic (exact) mass is 357 g/mol. The highest BCUT2D eigenvalue weighted by atomic mass is 32.2. The molecule has 0 heterocycles. The second kappa shape index (κ2) is 8.68. The number of thioether (sulfide) groups is 1. The minimum atomic E-state index is 0.971. The molecule has 0 aliphatic heterocycles. The first-order valence-electron chi connectivity index (χ1n) is 8.73. The zero-order valence-corrected chi connectivity index (χ0v) is 16.3. The largest absolute Gasteiger partial charge is 0.248 e. The second-order valence-electron chi connectivity index (χ2n) is 6.38. The highest BCUT2D eigenvalue weighted by Gasteiger charge is 2.04. The lowest BCUT2D eigenvalue weighted by Gasteiger charge is -2.07. The van der Waals surface area contributed by atoms with Crippen LogP contribution in [0.4, 0.5) is 5.69 Å². The lowest BCUT2D eigenvalue weighted by Crippen LogP contribution is -1.99. The molecule has 0 spiro atoms. The van der Waals surface area contributed by atoms with Gasteiger partial charge in [0.25, 0.3) is 0 Å². The molecule has 0 aliphatic carbocycles. The Morgan fingerprint density at radius 2 is 1.38 bits per heavy atom. The fourth-order valence-corrected chi connectivity index (χ4v) is 3.25. The molecule has 3 aromatic rings. The Bertz CT molecular complexity index is 919. The minimum Gasteiger partial charge on any atom is -0.248 e. The number of hydrogen-bond acceptors (Lipinski definition) is 2. The average Bonchev–Trinajstić information content (AvgIpc) is 2.65. The van der Waals surface area contributed by atoms with Gasteiger partial charge in [0.15, 0.2) is 0 Å². The molecule has 0 saturated carbocycles. The highest BCUT2D eigenvalue weighted by molar-refractivity contribution is 8.02. The Morgan fingerprint density at radius 1 is 0.769 bits per heavy atom. The summed E-state index contributed by atoms with van der Waals surface area (Å²) < 4.78 is 0. The van der Waals surface area contributed by atoms with Crippen LogP contribution in [-0.2, 0) is 0 Å². The van der Waals surface area contributed by atoms with Gasteiger partial charge >= 0.3 is 0 Å². The topological polar surface area (TPSA) is 12.4 Å². The zero-order chi connectivity index (χ0) is 18.4. The van der Waals surface area contributed by atoms with Crippen LogP contribution in [0.2, 0.25) is 0 Å². The van der Waals surface area contributed by atoms with Crippen molar-refractivity contribution in [3.05, 3.63) is 107 Å². The predicted octanol–water partition coefficient (Wildman–Crippen LogP) is 7.04. The number of rotatable bonds is 5. The molecule has 0 N–H and O–H groups in total. The fourth-order valence-electron chi connectivity index (χ4n) is 2.60. The van der Waals surface area contributed by atoms with Gasteiger partial charge in [0.1, 0.15) is 0 Å². The van der Waals surface area contributed by atoms with E-state index in [0.29, 0.717) is 0 Å². The third-order valence-corrected chi connectivity index (χ3v) is 4.97. The zero-order valence-electron chi connectivity index (χ0n) is 15.4. The van der Waals surface area contributed by atoms with Crippen molar-refractivity contribution in [3.8, 4) is 0 Å². The molecule has 0 atom stereocenters. The minimum absolute atomic E-state index is 0.971. The third-order valence-electron chi connectivity index (χ3n) is 4.16. The maximum atomic E-state index is 4.89. The van der Waals surface area contributed by atoms with Crippen molar-refractivity contribution >= 4 is 23.2 Å². The van der Waals surface area contributed by atoms with Crippen LogP contribution in [0.3, 0.4) is 0 Å². The first-order chi connectivity index (χ1) is 12.6. The first-order valence-corrected chi connectivity index (χ1v) is 9.61. The quantitative estimate of drug-likeness (QED) is 0.352. The smallest absolute Gasteiger partial charge is 0.0717 e. The van der Waals surface area contributed by atoms with Crippen molar-refractivity contribution in [2.45, 2.75) is 25.7 Å². The summed E-state index contributed by atoms with van der Waals surface area (Å²) in [5.41, 5.74) is 6.86. The normalized spacial score (nSPS) is 11.9. The van der Waals surface area contributed by atoms with Gasteiger partial charge in [-0.15, -0.1) is 0 Å². The highest BCUT2D eigenvalue weighted by Crippen LogP contribution is 2.22. The number of allylic oxidation sites excluding steroid dienone is 1. The molecule has 0 radical (unpaired) electrons. The first kappa shape index (κ1) is 18.2. The van der Waals surface area contributed by atoms with E-state index in [4.69, 9.17) is 4.99 Å². The molecule has 26 heavy (non-hydrogen) atoms. The van der Waals surface area contributed by atoms with Crippen LogP contribution in [0, 0.1) is 20.8 Å². The van der Waals surface area contributed by atoms with Gasteiger partial charge in [-0.25, -0.2) is 4.99 Å². The number of aryl methyl sites for hydroxylation is 3. The van der Waals surface area contributed by atoms with Gasteiger partial charge in [-0.2, -0.15) is 0 Å². The number of nitrogens with zero attached hydrogens (tertiary/aromatic N) is 1. The van der Waals surface area contributed by atoms with Crippen molar-refractivity contribution in [1.82, 2.24) is 0 Å². The molecular weight excluding hydrogens is 334 g/mol. The summed E-state index contributed by atoms with van der Waals surface area (Å²) in [6.45, 7) is 6.32. The average molecular weight is 358 g/mol. The van der Waals surface area contributed by atoms with E-state index in [1.807, 2.05) is 0 Å². The summed E-state index contributed by atoms with van der Waals surface area (Å²) in [6.07, 6.45) is 2.10. The summed E-state index contributed by atoms with van der Waals surface area (Å²) in [5, 5.41) is 2.12. The molecule has 0 unspecified atom stereocenters. The Hall–Kier alpha value is -2.58. The fraction of sp³-hybridized carbons (Fsp3) is 0.125. The van der Waals surface area contributed by atoms with Crippen molar-refractivity contribution in [2.75, 3.05) is 0 Å². The lowest BCUT2D eigenvalue weighted by atomic mass is 10.0. The van der Waals surface area contributed by atoms with E-state index in [9.17, 15) is 0 Å². The molecule has 1 nitrogen and oxygen atoms in total. The van der Waals surface area contributed by atoms with Gasteiger partial charge < -0.3 is 0 Å². The van der Waals surface area contributed by atoms with E-state index < -0.39 is 0 Å². The SMILES string of the molecule is Cc1ccc(N=C(C=CSc2ccc(C)cc2)c2ccccc2C)cc1. The summed E-state index contributed by atoms with van der Waals surface area (Å²) in [6, 6.07) is 25.3. The molecule has 3 aromatic carbocycles. The summed E-state index contributed by atoms with van der Waals surface area (Å²) in [5.74, 6) is 0. The Labute approximate surface area is 160 Å². The van der Waals surface area contributed by atoms with Gasteiger partial charge in [-0.05, 0) is 62.1 Å². The van der Waals surface area contributed by atoms with Crippen LogP contribution in [0.5, 0.6) is 0 Å². The van der Waals surface area contributed by atoms with E-state index in [-0.39, 0.29) is 0 Å². The third kappa shape index (κ3) is 4.96. The van der Waals surface area contributed by atoms with E-state index in [2.05, 4.69) is 105 Å². The summed E-state index contributed by atoms with van der Waals surface area (Å²) in [7, 11) is 0. The molecule has 0 bridgehead atoms. The van der Waals surface area contributed by atoms with E-state index in [1.54, 1.807) is 11.8 Å². The molecule has 3 rings (SSSR count). The maximum Gasteiger partial charge on any atom is 0.0717 e. The van der Waals surface area contributed by atoms with Crippen LogP contribution >= 0.6 is 11.8 Å². The van der Waals surface area contributed by atoms with Crippen LogP contribution < -0.4 is 0 Å². The Balaban J connectivity index is 1.90. The molecule has 2 heteroatoms. The molecule has 0 amide bonds.